The minimum atomic E-state index is -0.471. The lowest BCUT2D eigenvalue weighted by molar-refractivity contribution is -0.114. The zero-order valence-corrected chi connectivity index (χ0v) is 13.7. The molecule has 1 amide bonds. The number of carbonyl (C=O) groups excluding carboxylic acids is 2. The molecule has 0 unspecified atom stereocenters. The van der Waals surface area contributed by atoms with Gasteiger partial charge in [0.1, 0.15) is 0 Å². The summed E-state index contributed by atoms with van der Waals surface area (Å²) in [6.45, 7) is 1.09. The van der Waals surface area contributed by atoms with Gasteiger partial charge >= 0.3 is 5.91 Å². The van der Waals surface area contributed by atoms with Crippen LogP contribution in [0.5, 0.6) is 0 Å². The number of nitrogens with zero attached hydrogens (tertiary/aromatic N) is 2. The Labute approximate surface area is 137 Å². The van der Waals surface area contributed by atoms with Gasteiger partial charge < -0.3 is 0 Å². The van der Waals surface area contributed by atoms with Crippen LogP contribution in [0.1, 0.15) is 15.9 Å². The van der Waals surface area contributed by atoms with Gasteiger partial charge in [0.25, 0.3) is 5.78 Å². The van der Waals surface area contributed by atoms with Gasteiger partial charge in [0.15, 0.2) is 0 Å². The number of hydrogen-bond donors (Lipinski definition) is 0. The van der Waals surface area contributed by atoms with Gasteiger partial charge in [0, 0.05) is 11.0 Å². The van der Waals surface area contributed by atoms with E-state index in [1.165, 1.54) is 4.90 Å². The molecule has 0 saturated carbocycles. The van der Waals surface area contributed by atoms with Crippen LogP contribution in [0, 0.1) is 0 Å². The van der Waals surface area contributed by atoms with Crippen molar-refractivity contribution >= 4 is 33.3 Å². The summed E-state index contributed by atoms with van der Waals surface area (Å²) in [6, 6.07) is 15.4. The molecule has 0 spiro atoms. The number of halogens is 1. The fraction of sp³-hybridized carbons (Fsp3) is 0.176. The van der Waals surface area contributed by atoms with E-state index in [9.17, 15) is 9.59 Å². The number of carbonyl (C=O) groups is 2. The van der Waals surface area contributed by atoms with Gasteiger partial charge in [0.2, 0.25) is 0 Å². The van der Waals surface area contributed by atoms with Crippen LogP contribution in [-0.4, -0.2) is 30.3 Å². The smallest absolute Gasteiger partial charge is 0.291 e. The predicted molar refractivity (Wildman–Crippen MR) is 88.7 cm³/mol. The fourth-order valence-corrected chi connectivity index (χ4v) is 3.16. The van der Waals surface area contributed by atoms with Gasteiger partial charge in [-0.1, -0.05) is 36.4 Å². The molecule has 0 atom stereocenters. The number of anilines is 1. The molecule has 2 aromatic rings. The van der Waals surface area contributed by atoms with Gasteiger partial charge in [-0.05, 0) is 40.7 Å². The van der Waals surface area contributed by atoms with Crippen molar-refractivity contribution in [3.05, 3.63) is 64.1 Å². The van der Waals surface area contributed by atoms with E-state index in [0.717, 1.165) is 5.56 Å². The molecular weight excluding hydrogens is 344 g/mol. The van der Waals surface area contributed by atoms with Crippen LogP contribution in [0.2, 0.25) is 0 Å². The van der Waals surface area contributed by atoms with E-state index in [4.69, 9.17) is 0 Å². The number of rotatable bonds is 4. The predicted octanol–water partition coefficient (Wildman–Crippen LogP) is 3.07. The van der Waals surface area contributed by atoms with Crippen LogP contribution in [0.25, 0.3) is 0 Å². The lowest BCUT2D eigenvalue weighted by Crippen LogP contribution is -2.38. The third-order valence-corrected chi connectivity index (χ3v) is 4.29. The summed E-state index contributed by atoms with van der Waals surface area (Å²) in [7, 11) is 1.93. The summed E-state index contributed by atoms with van der Waals surface area (Å²) in [5, 5.41) is 0. The molecular formula is C17H15BrN2O2. The Kier molecular flexibility index (Phi) is 4.09. The highest BCUT2D eigenvalue weighted by molar-refractivity contribution is 9.10. The van der Waals surface area contributed by atoms with Crippen molar-refractivity contribution in [3.8, 4) is 0 Å². The number of Topliss-reactive ketones (excluding diaryl/α,β-unsaturated/α-hetero) is 1. The molecule has 22 heavy (non-hydrogen) atoms. The van der Waals surface area contributed by atoms with Gasteiger partial charge in [-0.15, -0.1) is 0 Å². The minimum absolute atomic E-state index is 0.378. The number of ketones is 1. The average molecular weight is 359 g/mol. The first kappa shape index (κ1) is 14.9. The van der Waals surface area contributed by atoms with Crippen molar-refractivity contribution < 1.29 is 9.59 Å². The first-order chi connectivity index (χ1) is 10.6. The molecule has 4 nitrogen and oxygen atoms in total. The van der Waals surface area contributed by atoms with Crippen molar-refractivity contribution in [1.29, 1.82) is 0 Å². The highest BCUT2D eigenvalue weighted by Gasteiger charge is 2.37. The van der Waals surface area contributed by atoms with Crippen molar-refractivity contribution in [2.24, 2.45) is 0 Å². The Bertz CT molecular complexity index is 731. The van der Waals surface area contributed by atoms with Crippen molar-refractivity contribution in [1.82, 2.24) is 4.90 Å². The summed E-state index contributed by atoms with van der Waals surface area (Å²) in [5.74, 6) is -0.919. The summed E-state index contributed by atoms with van der Waals surface area (Å²) in [4.78, 5) is 27.9. The molecule has 0 aliphatic carbocycles. The molecule has 112 valence electrons. The molecule has 5 heteroatoms. The highest BCUT2D eigenvalue weighted by Crippen LogP contribution is 2.34. The molecule has 1 aliphatic heterocycles. The van der Waals surface area contributed by atoms with Gasteiger partial charge in [0.05, 0.1) is 17.9 Å². The van der Waals surface area contributed by atoms with Gasteiger partial charge in [-0.2, -0.15) is 0 Å². The third kappa shape index (κ3) is 2.69. The first-order valence-electron chi connectivity index (χ1n) is 6.95. The number of benzene rings is 2. The maximum Gasteiger partial charge on any atom is 0.300 e. The van der Waals surface area contributed by atoms with Gasteiger partial charge in [-0.25, -0.2) is 0 Å². The number of fused-ring (bicyclic) bond motifs is 1. The average Bonchev–Trinajstić information content (AvgIpc) is 2.74. The normalized spacial score (nSPS) is 13.9. The fourth-order valence-electron chi connectivity index (χ4n) is 2.63. The van der Waals surface area contributed by atoms with E-state index < -0.39 is 11.7 Å². The van der Waals surface area contributed by atoms with E-state index in [1.807, 2.05) is 48.3 Å². The highest BCUT2D eigenvalue weighted by atomic mass is 79.9. The van der Waals surface area contributed by atoms with Crippen LogP contribution < -0.4 is 4.90 Å². The SMILES string of the molecule is CN(Cc1ccccc1)CN1C(=O)C(=O)c2c(Br)cccc21. The molecule has 1 aliphatic rings. The molecule has 1 heterocycles. The molecule has 3 rings (SSSR count). The zero-order valence-electron chi connectivity index (χ0n) is 12.1. The maximum atomic E-state index is 12.2. The van der Waals surface area contributed by atoms with E-state index in [1.54, 1.807) is 12.1 Å². The lowest BCUT2D eigenvalue weighted by atomic mass is 10.1. The second-order valence-corrected chi connectivity index (χ2v) is 6.19. The van der Waals surface area contributed by atoms with E-state index in [2.05, 4.69) is 15.9 Å². The topological polar surface area (TPSA) is 40.6 Å². The third-order valence-electron chi connectivity index (χ3n) is 3.63. The van der Waals surface area contributed by atoms with E-state index in [0.29, 0.717) is 28.9 Å². The summed E-state index contributed by atoms with van der Waals surface area (Å²) < 4.78 is 0.663. The Morgan fingerprint density at radius 2 is 1.77 bits per heavy atom. The van der Waals surface area contributed by atoms with E-state index >= 15 is 0 Å². The second-order valence-electron chi connectivity index (χ2n) is 5.34. The summed E-state index contributed by atoms with van der Waals surface area (Å²) in [5.41, 5.74) is 2.29. The standard InChI is InChI=1S/C17H15BrN2O2/c1-19(10-12-6-3-2-4-7-12)11-20-14-9-5-8-13(18)15(14)16(21)17(20)22/h2-9H,10-11H2,1H3. The van der Waals surface area contributed by atoms with Crippen LogP contribution in [0.3, 0.4) is 0 Å². The largest absolute Gasteiger partial charge is 0.300 e. The molecule has 0 bridgehead atoms. The summed E-state index contributed by atoms with van der Waals surface area (Å²) in [6.07, 6.45) is 0. The number of hydrogen-bond acceptors (Lipinski definition) is 3. The monoisotopic (exact) mass is 358 g/mol. The Morgan fingerprint density at radius 3 is 2.50 bits per heavy atom. The van der Waals surface area contributed by atoms with Crippen molar-refractivity contribution in [2.75, 3.05) is 18.6 Å². The maximum absolute atomic E-state index is 12.2. The molecule has 0 aromatic heterocycles. The molecule has 0 saturated heterocycles. The Hall–Kier alpha value is -1.98. The van der Waals surface area contributed by atoms with Crippen LogP contribution >= 0.6 is 15.9 Å². The zero-order chi connectivity index (χ0) is 15.7. The van der Waals surface area contributed by atoms with E-state index in [-0.39, 0.29) is 0 Å². The molecule has 0 radical (unpaired) electrons. The molecule has 0 N–H and O–H groups in total. The molecule has 2 aromatic carbocycles. The van der Waals surface area contributed by atoms with Crippen LogP contribution in [-0.2, 0) is 11.3 Å². The van der Waals surface area contributed by atoms with Crippen molar-refractivity contribution in [2.45, 2.75) is 6.54 Å². The second kappa shape index (κ2) is 6.02. The lowest BCUT2D eigenvalue weighted by Gasteiger charge is -2.24. The number of amides is 1. The van der Waals surface area contributed by atoms with Crippen molar-refractivity contribution in [3.63, 3.8) is 0 Å². The quantitative estimate of drug-likeness (QED) is 0.788. The Morgan fingerprint density at radius 1 is 1.05 bits per heavy atom. The van der Waals surface area contributed by atoms with Crippen LogP contribution in [0.4, 0.5) is 5.69 Å². The minimum Gasteiger partial charge on any atom is -0.291 e. The summed E-state index contributed by atoms with van der Waals surface area (Å²) >= 11 is 3.35. The van der Waals surface area contributed by atoms with Gasteiger partial charge in [-0.3, -0.25) is 19.4 Å². The Balaban J connectivity index is 1.80. The first-order valence-corrected chi connectivity index (χ1v) is 7.74. The van der Waals surface area contributed by atoms with Crippen LogP contribution in [0.15, 0.2) is 53.0 Å². The molecule has 0 fully saturated rings.